The molecule has 6 heteroatoms. The maximum atomic E-state index is 13.3. The number of hydrogen-bond donors (Lipinski definition) is 0. The summed E-state index contributed by atoms with van der Waals surface area (Å²) in [5.41, 5.74) is 0.0182. The fraction of sp³-hybridized carbons (Fsp3) is 0.364. The molecule has 94 valence electrons. The number of benzene rings is 1. The van der Waals surface area contributed by atoms with Gasteiger partial charge in [-0.05, 0) is 11.6 Å². The predicted octanol–water partition coefficient (Wildman–Crippen LogP) is 3.93. The summed E-state index contributed by atoms with van der Waals surface area (Å²) in [7, 11) is 0. The van der Waals surface area contributed by atoms with E-state index in [0.29, 0.717) is 0 Å². The Labute approximate surface area is 100 Å². The molecule has 1 rings (SSSR count). The molecule has 0 aliphatic carbocycles. The standard InChI is InChI=1S/C11H9ClF4O/c12-9-3-1-2-7(10(9)13)6-8(17)4-5-11(14,15)16/h1-3H,4-6H2. The highest BCUT2D eigenvalue weighted by molar-refractivity contribution is 6.30. The van der Waals surface area contributed by atoms with Crippen LogP contribution in [0.1, 0.15) is 18.4 Å². The van der Waals surface area contributed by atoms with Gasteiger partial charge in [-0.25, -0.2) is 4.39 Å². The number of Topliss-reactive ketones (excluding diaryl/α,β-unsaturated/α-hetero) is 1. The Bertz CT molecular complexity index is 414. The number of ketones is 1. The molecule has 0 aliphatic rings. The van der Waals surface area contributed by atoms with Crippen LogP contribution >= 0.6 is 11.6 Å². The minimum absolute atomic E-state index is 0.0182. The molecule has 0 amide bonds. The molecule has 0 heterocycles. The molecule has 0 atom stereocenters. The van der Waals surface area contributed by atoms with Crippen LogP contribution in [0.4, 0.5) is 17.6 Å². The first-order chi connectivity index (χ1) is 7.79. The maximum Gasteiger partial charge on any atom is 0.389 e. The Kier molecular flexibility index (Phi) is 4.51. The van der Waals surface area contributed by atoms with Crippen molar-refractivity contribution in [1.29, 1.82) is 0 Å². The molecular formula is C11H9ClF4O. The molecule has 0 bridgehead atoms. The van der Waals surface area contributed by atoms with Crippen molar-refractivity contribution < 1.29 is 22.4 Å². The van der Waals surface area contributed by atoms with Crippen LogP contribution in [-0.4, -0.2) is 12.0 Å². The van der Waals surface area contributed by atoms with Crippen LogP contribution in [0, 0.1) is 5.82 Å². The molecule has 0 aromatic heterocycles. The van der Waals surface area contributed by atoms with Gasteiger partial charge in [0.15, 0.2) is 0 Å². The van der Waals surface area contributed by atoms with E-state index in [1.807, 2.05) is 0 Å². The van der Waals surface area contributed by atoms with Crippen molar-refractivity contribution in [3.63, 3.8) is 0 Å². The molecule has 1 aromatic rings. The molecule has 0 aliphatic heterocycles. The van der Waals surface area contributed by atoms with Crippen LogP contribution in [-0.2, 0) is 11.2 Å². The van der Waals surface area contributed by atoms with E-state index in [1.54, 1.807) is 0 Å². The zero-order chi connectivity index (χ0) is 13.1. The zero-order valence-electron chi connectivity index (χ0n) is 8.65. The average molecular weight is 269 g/mol. The number of rotatable bonds is 4. The summed E-state index contributed by atoms with van der Waals surface area (Å²) in [5.74, 6) is -1.42. The van der Waals surface area contributed by atoms with Crippen LogP contribution in [0.25, 0.3) is 0 Å². The Morgan fingerprint density at radius 2 is 1.94 bits per heavy atom. The van der Waals surface area contributed by atoms with Crippen molar-refractivity contribution in [2.75, 3.05) is 0 Å². The van der Waals surface area contributed by atoms with Gasteiger partial charge in [0.2, 0.25) is 0 Å². The smallest absolute Gasteiger partial charge is 0.299 e. The predicted molar refractivity (Wildman–Crippen MR) is 55.4 cm³/mol. The summed E-state index contributed by atoms with van der Waals surface area (Å²) in [5, 5.41) is -0.147. The Morgan fingerprint density at radius 1 is 1.29 bits per heavy atom. The van der Waals surface area contributed by atoms with Crippen molar-refractivity contribution in [2.45, 2.75) is 25.4 Å². The van der Waals surface area contributed by atoms with Crippen molar-refractivity contribution in [3.8, 4) is 0 Å². The lowest BCUT2D eigenvalue weighted by atomic mass is 10.1. The van der Waals surface area contributed by atoms with Gasteiger partial charge in [0.05, 0.1) is 11.4 Å². The molecule has 1 aromatic carbocycles. The molecule has 0 fully saturated rings. The molecule has 0 saturated heterocycles. The lowest BCUT2D eigenvalue weighted by Gasteiger charge is -2.06. The molecule has 17 heavy (non-hydrogen) atoms. The molecule has 0 radical (unpaired) electrons. The van der Waals surface area contributed by atoms with E-state index in [1.165, 1.54) is 18.2 Å². The Morgan fingerprint density at radius 3 is 2.53 bits per heavy atom. The molecule has 1 nitrogen and oxygen atoms in total. The third-order valence-electron chi connectivity index (χ3n) is 2.11. The largest absolute Gasteiger partial charge is 0.389 e. The highest BCUT2D eigenvalue weighted by Crippen LogP contribution is 2.23. The van der Waals surface area contributed by atoms with Gasteiger partial charge >= 0.3 is 6.18 Å². The highest BCUT2D eigenvalue weighted by atomic mass is 35.5. The molecule has 0 saturated carbocycles. The SMILES string of the molecule is O=C(CCC(F)(F)F)Cc1cccc(Cl)c1F. The van der Waals surface area contributed by atoms with E-state index >= 15 is 0 Å². The molecular weight excluding hydrogens is 260 g/mol. The minimum Gasteiger partial charge on any atom is -0.299 e. The lowest BCUT2D eigenvalue weighted by Crippen LogP contribution is -2.12. The second-order valence-corrected chi connectivity index (χ2v) is 3.95. The second-order valence-electron chi connectivity index (χ2n) is 3.54. The summed E-state index contributed by atoms with van der Waals surface area (Å²) < 4.78 is 48.9. The van der Waals surface area contributed by atoms with Gasteiger partial charge in [0, 0.05) is 12.8 Å². The van der Waals surface area contributed by atoms with Crippen LogP contribution in [0.2, 0.25) is 5.02 Å². The van der Waals surface area contributed by atoms with Crippen molar-refractivity contribution in [2.24, 2.45) is 0 Å². The molecule has 0 spiro atoms. The van der Waals surface area contributed by atoms with Crippen LogP contribution in [0.5, 0.6) is 0 Å². The Hall–Kier alpha value is -1.10. The van der Waals surface area contributed by atoms with E-state index in [0.717, 1.165) is 0 Å². The van der Waals surface area contributed by atoms with Crippen LogP contribution in [0.3, 0.4) is 0 Å². The van der Waals surface area contributed by atoms with Gasteiger partial charge in [-0.2, -0.15) is 13.2 Å². The van der Waals surface area contributed by atoms with Gasteiger partial charge in [-0.3, -0.25) is 4.79 Å². The van der Waals surface area contributed by atoms with Gasteiger partial charge in [-0.1, -0.05) is 23.7 Å². The number of carbonyl (C=O) groups excluding carboxylic acids is 1. The van der Waals surface area contributed by atoms with E-state index in [9.17, 15) is 22.4 Å². The van der Waals surface area contributed by atoms with E-state index in [4.69, 9.17) is 11.6 Å². The fourth-order valence-electron chi connectivity index (χ4n) is 1.27. The summed E-state index contributed by atoms with van der Waals surface area (Å²) >= 11 is 5.48. The molecule has 0 N–H and O–H groups in total. The number of carbonyl (C=O) groups is 1. The number of halogens is 5. The summed E-state index contributed by atoms with van der Waals surface area (Å²) in [6, 6.07) is 4.07. The highest BCUT2D eigenvalue weighted by Gasteiger charge is 2.27. The van der Waals surface area contributed by atoms with Gasteiger partial charge < -0.3 is 0 Å². The van der Waals surface area contributed by atoms with E-state index in [2.05, 4.69) is 0 Å². The minimum atomic E-state index is -4.37. The van der Waals surface area contributed by atoms with Crippen molar-refractivity contribution in [1.82, 2.24) is 0 Å². The normalized spacial score (nSPS) is 11.6. The van der Waals surface area contributed by atoms with E-state index < -0.39 is 30.6 Å². The topological polar surface area (TPSA) is 17.1 Å². The second kappa shape index (κ2) is 5.49. The summed E-state index contributed by atoms with van der Waals surface area (Å²) in [6.07, 6.45) is -6.57. The Balaban J connectivity index is 2.60. The third kappa shape index (κ3) is 4.73. The van der Waals surface area contributed by atoms with Gasteiger partial charge in [0.25, 0.3) is 0 Å². The average Bonchev–Trinajstić information content (AvgIpc) is 2.21. The summed E-state index contributed by atoms with van der Waals surface area (Å²) in [6.45, 7) is 0. The monoisotopic (exact) mass is 268 g/mol. The van der Waals surface area contributed by atoms with Gasteiger partial charge in [-0.15, -0.1) is 0 Å². The van der Waals surface area contributed by atoms with Crippen LogP contribution < -0.4 is 0 Å². The summed E-state index contributed by atoms with van der Waals surface area (Å²) in [4.78, 5) is 11.2. The first-order valence-corrected chi connectivity index (χ1v) is 5.19. The van der Waals surface area contributed by atoms with Crippen molar-refractivity contribution >= 4 is 17.4 Å². The fourth-order valence-corrected chi connectivity index (χ4v) is 1.46. The number of hydrogen-bond acceptors (Lipinski definition) is 1. The zero-order valence-corrected chi connectivity index (χ0v) is 9.41. The van der Waals surface area contributed by atoms with Crippen LogP contribution in [0.15, 0.2) is 18.2 Å². The first-order valence-electron chi connectivity index (χ1n) is 4.81. The molecule has 0 unspecified atom stereocenters. The lowest BCUT2D eigenvalue weighted by molar-refractivity contribution is -0.143. The van der Waals surface area contributed by atoms with E-state index in [-0.39, 0.29) is 17.0 Å². The third-order valence-corrected chi connectivity index (χ3v) is 2.40. The van der Waals surface area contributed by atoms with Gasteiger partial charge in [0.1, 0.15) is 11.6 Å². The maximum absolute atomic E-state index is 13.3. The number of alkyl halides is 3. The first kappa shape index (κ1) is 14.0. The quantitative estimate of drug-likeness (QED) is 0.756. The van der Waals surface area contributed by atoms with Crippen molar-refractivity contribution in [3.05, 3.63) is 34.6 Å².